The normalized spacial score (nSPS) is 16.7. The van der Waals surface area contributed by atoms with Gasteiger partial charge in [-0.3, -0.25) is 0 Å². The Bertz CT molecular complexity index is 3090. The Morgan fingerprint density at radius 3 is 1.18 bits per heavy atom. The fourth-order valence-corrected chi connectivity index (χ4v) is 11.0. The second-order valence-electron chi connectivity index (χ2n) is 20.0. The third-order valence-corrected chi connectivity index (χ3v) is 14.8. The van der Waals surface area contributed by atoms with Gasteiger partial charge in [0.15, 0.2) is 0 Å². The highest BCUT2D eigenvalue weighted by molar-refractivity contribution is 5.87. The molecule has 0 bridgehead atoms. The van der Waals surface area contributed by atoms with Crippen molar-refractivity contribution in [3.63, 3.8) is 0 Å². The molecule has 0 atom stereocenters. The fraction of sp³-hybridized carbons (Fsp3) is 0.156. The summed E-state index contributed by atoms with van der Waals surface area (Å²) < 4.78 is 0. The average molecular weight is 838 g/mol. The molecule has 0 amide bonds. The van der Waals surface area contributed by atoms with Gasteiger partial charge in [-0.2, -0.15) is 0 Å². The van der Waals surface area contributed by atoms with Crippen molar-refractivity contribution in [3.05, 3.63) is 240 Å². The summed E-state index contributed by atoms with van der Waals surface area (Å²) in [6, 6.07) is 66.0. The van der Waals surface area contributed by atoms with Crippen LogP contribution < -0.4 is 4.90 Å². The van der Waals surface area contributed by atoms with Crippen LogP contribution in [0.15, 0.2) is 207 Å². The van der Waals surface area contributed by atoms with Crippen LogP contribution in [0.5, 0.6) is 0 Å². The predicted octanol–water partition coefficient (Wildman–Crippen LogP) is 17.6. The van der Waals surface area contributed by atoms with Gasteiger partial charge in [-0.05, 0) is 161 Å². The highest BCUT2D eigenvalue weighted by atomic mass is 15.1. The van der Waals surface area contributed by atoms with Gasteiger partial charge in [0.25, 0.3) is 0 Å². The van der Waals surface area contributed by atoms with Crippen molar-refractivity contribution in [1.29, 1.82) is 0 Å². The lowest BCUT2D eigenvalue weighted by Gasteiger charge is -2.28. The van der Waals surface area contributed by atoms with Gasteiger partial charge in [-0.15, -0.1) is 0 Å². The SMILES string of the molecule is C=C1/C=C\C=C/CC(C)(C)c2cc(-c3ccc(N(c4ccc(-c5ccc6c(c5)C(C)(C)c5ccccc5-6)cc4)c4ccc(-c5ccc6c(c5)C(C)(C)c5ccccc5-6)cc4)cc3)ccc21. The molecule has 8 aromatic carbocycles. The first-order chi connectivity index (χ1) is 31.4. The van der Waals surface area contributed by atoms with Crippen LogP contribution in [0.25, 0.3) is 61.2 Å². The van der Waals surface area contributed by atoms with Crippen LogP contribution in [0.1, 0.15) is 81.3 Å². The Morgan fingerprint density at radius 1 is 0.369 bits per heavy atom. The van der Waals surface area contributed by atoms with E-state index in [2.05, 4.69) is 253 Å². The van der Waals surface area contributed by atoms with Crippen LogP contribution in [-0.2, 0) is 16.2 Å². The van der Waals surface area contributed by atoms with E-state index in [0.29, 0.717) is 0 Å². The molecule has 0 radical (unpaired) electrons. The van der Waals surface area contributed by atoms with E-state index in [9.17, 15) is 0 Å². The quantitative estimate of drug-likeness (QED) is 0.161. The first kappa shape index (κ1) is 40.5. The van der Waals surface area contributed by atoms with Crippen molar-refractivity contribution >= 4 is 22.6 Å². The third kappa shape index (κ3) is 6.76. The van der Waals surface area contributed by atoms with Crippen LogP contribution in [0, 0.1) is 0 Å². The monoisotopic (exact) mass is 837 g/mol. The Balaban J connectivity index is 0.955. The summed E-state index contributed by atoms with van der Waals surface area (Å²) in [6.07, 6.45) is 9.60. The first-order valence-corrected chi connectivity index (χ1v) is 23.2. The third-order valence-electron chi connectivity index (χ3n) is 14.8. The van der Waals surface area contributed by atoms with E-state index in [1.54, 1.807) is 0 Å². The number of nitrogens with zero attached hydrogens (tertiary/aromatic N) is 1. The van der Waals surface area contributed by atoms with Crippen LogP contribution in [0.4, 0.5) is 17.1 Å². The summed E-state index contributed by atoms with van der Waals surface area (Å²) in [4.78, 5) is 2.39. The van der Waals surface area contributed by atoms with Crippen LogP contribution in [0.2, 0.25) is 0 Å². The molecular formula is C64H55N. The molecule has 3 aliphatic carbocycles. The fourth-order valence-electron chi connectivity index (χ4n) is 11.0. The zero-order chi connectivity index (χ0) is 44.7. The van der Waals surface area contributed by atoms with Gasteiger partial charge in [-0.1, -0.05) is 194 Å². The van der Waals surface area contributed by atoms with Crippen molar-refractivity contribution < 1.29 is 0 Å². The van der Waals surface area contributed by atoms with E-state index in [4.69, 9.17) is 0 Å². The Kier molecular flexibility index (Phi) is 9.49. The summed E-state index contributed by atoms with van der Waals surface area (Å²) in [5.74, 6) is 0. The number of hydrogen-bond donors (Lipinski definition) is 0. The minimum Gasteiger partial charge on any atom is -0.311 e. The van der Waals surface area contributed by atoms with Crippen molar-refractivity contribution in [2.24, 2.45) is 0 Å². The Morgan fingerprint density at radius 2 is 0.738 bits per heavy atom. The molecule has 316 valence electrons. The molecule has 0 N–H and O–H groups in total. The molecule has 0 spiro atoms. The van der Waals surface area contributed by atoms with E-state index < -0.39 is 0 Å². The number of anilines is 3. The standard InChI is InChI=1S/C64H55N/c1-42-15-9-8-14-38-62(2,3)59-39-46(26-35-52(42)59)43-20-29-49(30-21-43)65(50-31-22-44(23-32-50)47-27-36-55-53-16-10-12-18-57(53)63(4,5)60(55)40-47)51-33-24-45(25-34-51)48-28-37-56-54-17-11-13-19-58(54)64(6,7)61(56)41-48/h8-37,39-41H,1,38H2,2-7H3/b14-8-,15-9-. The summed E-state index contributed by atoms with van der Waals surface area (Å²) in [5, 5.41) is 0. The topological polar surface area (TPSA) is 3.24 Å². The first-order valence-electron chi connectivity index (χ1n) is 23.2. The molecule has 0 aromatic heterocycles. The second kappa shape index (κ2) is 15.2. The summed E-state index contributed by atoms with van der Waals surface area (Å²) >= 11 is 0. The molecular weight excluding hydrogens is 783 g/mol. The zero-order valence-corrected chi connectivity index (χ0v) is 38.4. The number of rotatable bonds is 6. The van der Waals surface area contributed by atoms with Crippen LogP contribution in [0.3, 0.4) is 0 Å². The largest absolute Gasteiger partial charge is 0.311 e. The molecule has 0 saturated heterocycles. The van der Waals surface area contributed by atoms with E-state index in [0.717, 1.165) is 29.1 Å². The molecule has 11 rings (SSSR count). The van der Waals surface area contributed by atoms with Gasteiger partial charge in [0, 0.05) is 27.9 Å². The average Bonchev–Trinajstić information content (AvgIpc) is 3.72. The zero-order valence-electron chi connectivity index (χ0n) is 38.4. The molecule has 0 unspecified atom stereocenters. The van der Waals surface area contributed by atoms with Crippen LogP contribution in [-0.4, -0.2) is 0 Å². The van der Waals surface area contributed by atoms with E-state index in [1.807, 2.05) is 0 Å². The summed E-state index contributed by atoms with van der Waals surface area (Å²) in [5.41, 5.74) is 25.1. The van der Waals surface area contributed by atoms with Gasteiger partial charge in [0.1, 0.15) is 0 Å². The molecule has 0 heterocycles. The van der Waals surface area contributed by atoms with Crippen LogP contribution >= 0.6 is 0 Å². The molecule has 1 nitrogen and oxygen atoms in total. The lowest BCUT2D eigenvalue weighted by atomic mass is 9.77. The van der Waals surface area contributed by atoms with Gasteiger partial charge in [0.05, 0.1) is 0 Å². The number of benzene rings is 8. The Hall–Kier alpha value is -7.22. The van der Waals surface area contributed by atoms with Gasteiger partial charge < -0.3 is 4.90 Å². The molecule has 3 aliphatic rings. The van der Waals surface area contributed by atoms with Crippen molar-refractivity contribution in [1.82, 2.24) is 0 Å². The smallest absolute Gasteiger partial charge is 0.0462 e. The van der Waals surface area contributed by atoms with E-state index >= 15 is 0 Å². The maximum atomic E-state index is 4.43. The lowest BCUT2D eigenvalue weighted by Crippen LogP contribution is -2.18. The highest BCUT2D eigenvalue weighted by Crippen LogP contribution is 2.51. The van der Waals surface area contributed by atoms with E-state index in [1.165, 1.54) is 89.0 Å². The maximum absolute atomic E-state index is 4.43. The van der Waals surface area contributed by atoms with Gasteiger partial charge >= 0.3 is 0 Å². The van der Waals surface area contributed by atoms with Gasteiger partial charge in [-0.25, -0.2) is 0 Å². The second-order valence-corrected chi connectivity index (χ2v) is 20.0. The molecule has 0 aliphatic heterocycles. The molecule has 1 heteroatoms. The number of allylic oxidation sites excluding steroid dienone is 5. The van der Waals surface area contributed by atoms with Crippen molar-refractivity contribution in [2.45, 2.75) is 64.2 Å². The minimum absolute atomic E-state index is 0.0339. The molecule has 65 heavy (non-hydrogen) atoms. The molecule has 8 aromatic rings. The summed E-state index contributed by atoms with van der Waals surface area (Å²) in [7, 11) is 0. The van der Waals surface area contributed by atoms with Gasteiger partial charge in [0.2, 0.25) is 0 Å². The lowest BCUT2D eigenvalue weighted by molar-refractivity contribution is 0.533. The predicted molar refractivity (Wildman–Crippen MR) is 278 cm³/mol. The maximum Gasteiger partial charge on any atom is 0.0462 e. The number of hydrogen-bond acceptors (Lipinski definition) is 1. The minimum atomic E-state index is -0.0470. The van der Waals surface area contributed by atoms with E-state index in [-0.39, 0.29) is 16.2 Å². The molecule has 0 saturated carbocycles. The molecule has 0 fully saturated rings. The van der Waals surface area contributed by atoms with Crippen molar-refractivity contribution in [3.8, 4) is 55.6 Å². The summed E-state index contributed by atoms with van der Waals surface area (Å²) in [6.45, 7) is 18.5. The highest BCUT2D eigenvalue weighted by Gasteiger charge is 2.36. The Labute approximate surface area is 385 Å². The van der Waals surface area contributed by atoms with Crippen molar-refractivity contribution in [2.75, 3.05) is 4.90 Å². The number of fused-ring (bicyclic) bond motifs is 7.